The number of hydrogen-bond donors (Lipinski definition) is 6. The van der Waals surface area contributed by atoms with Gasteiger partial charge < -0.3 is 30.6 Å². The van der Waals surface area contributed by atoms with Crippen LogP contribution in [0.15, 0.2) is 24.3 Å². The van der Waals surface area contributed by atoms with E-state index in [1.165, 1.54) is 24.3 Å². The van der Waals surface area contributed by atoms with Crippen molar-refractivity contribution in [2.75, 3.05) is 13.2 Å². The first-order valence-corrected chi connectivity index (χ1v) is 12.7. The molecule has 2 aromatic rings. The topological polar surface area (TPSA) is 121 Å². The van der Waals surface area contributed by atoms with Gasteiger partial charge in [-0.15, -0.1) is 0 Å². The molecule has 0 atom stereocenters. The van der Waals surface area contributed by atoms with Crippen molar-refractivity contribution in [1.82, 2.24) is 0 Å². The van der Waals surface area contributed by atoms with Gasteiger partial charge in [0.1, 0.15) is 23.0 Å². The van der Waals surface area contributed by atoms with E-state index < -0.39 is 0 Å². The largest absolute Gasteiger partial charge is 0.508 e. The molecule has 6 nitrogen and oxygen atoms in total. The molecule has 0 heterocycles. The molecular formula is C30H42O6. The molecule has 0 radical (unpaired) electrons. The van der Waals surface area contributed by atoms with Crippen LogP contribution >= 0.6 is 0 Å². The summed E-state index contributed by atoms with van der Waals surface area (Å²) in [4.78, 5) is 0. The summed E-state index contributed by atoms with van der Waals surface area (Å²) in [5, 5.41) is 60.6. The molecule has 0 saturated heterocycles. The second kappa shape index (κ2) is 12.9. The maximum absolute atomic E-state index is 10.7. The molecule has 0 fully saturated rings. The van der Waals surface area contributed by atoms with Crippen molar-refractivity contribution in [3.63, 3.8) is 0 Å². The number of aryl methyl sites for hydroxylation is 2. The second-order valence-corrected chi connectivity index (χ2v) is 11.3. The van der Waals surface area contributed by atoms with Gasteiger partial charge in [-0.1, -0.05) is 52.4 Å². The Labute approximate surface area is 215 Å². The van der Waals surface area contributed by atoms with E-state index in [1.54, 1.807) is 0 Å². The Morgan fingerprint density at radius 1 is 0.583 bits per heavy atom. The zero-order valence-electron chi connectivity index (χ0n) is 22.1. The van der Waals surface area contributed by atoms with Crippen LogP contribution < -0.4 is 0 Å². The van der Waals surface area contributed by atoms with Gasteiger partial charge >= 0.3 is 0 Å². The van der Waals surface area contributed by atoms with Gasteiger partial charge in [-0.3, -0.25) is 0 Å². The lowest BCUT2D eigenvalue weighted by Crippen LogP contribution is -2.16. The van der Waals surface area contributed by atoms with Gasteiger partial charge in [-0.2, -0.15) is 0 Å². The first-order chi connectivity index (χ1) is 16.9. The number of unbranched alkanes of at least 4 members (excludes halogenated alkanes) is 2. The molecular weight excluding hydrogens is 456 g/mol. The van der Waals surface area contributed by atoms with Crippen molar-refractivity contribution >= 4 is 0 Å². The lowest BCUT2D eigenvalue weighted by atomic mass is 9.87. The van der Waals surface area contributed by atoms with Crippen LogP contribution in [0.4, 0.5) is 0 Å². The highest BCUT2D eigenvalue weighted by molar-refractivity contribution is 5.59. The van der Waals surface area contributed by atoms with Crippen molar-refractivity contribution < 1.29 is 30.6 Å². The summed E-state index contributed by atoms with van der Waals surface area (Å²) < 4.78 is 0. The molecule has 0 bridgehead atoms. The van der Waals surface area contributed by atoms with Crippen molar-refractivity contribution in [1.29, 1.82) is 0 Å². The quantitative estimate of drug-likeness (QED) is 0.133. The molecule has 36 heavy (non-hydrogen) atoms. The number of hydrogen-bond acceptors (Lipinski definition) is 6. The van der Waals surface area contributed by atoms with E-state index in [-0.39, 0.29) is 58.2 Å². The normalized spacial score (nSPS) is 11.8. The molecule has 0 aliphatic rings. The van der Waals surface area contributed by atoms with Gasteiger partial charge in [0.15, 0.2) is 0 Å². The number of benzene rings is 2. The van der Waals surface area contributed by atoms with Crippen LogP contribution in [-0.2, 0) is 12.8 Å². The average Bonchev–Trinajstić information content (AvgIpc) is 2.82. The molecule has 6 heteroatoms. The summed E-state index contributed by atoms with van der Waals surface area (Å²) in [6.07, 6.45) is 6.17. The zero-order chi connectivity index (χ0) is 26.9. The van der Waals surface area contributed by atoms with Crippen LogP contribution in [0.2, 0.25) is 0 Å². The maximum Gasteiger partial charge on any atom is 0.134 e. The summed E-state index contributed by atoms with van der Waals surface area (Å²) in [7, 11) is 0. The SMILES string of the molecule is CC(C)(CO)CCCCc1cc(O)cc(C#Cc2cc(O)cc(CCCCC(C)(C)CO)c2O)c1O. The number of phenolic OH excluding ortho intramolecular Hbond substituents is 4. The van der Waals surface area contributed by atoms with Crippen LogP contribution in [0, 0.1) is 22.7 Å². The molecule has 0 spiro atoms. The first kappa shape index (κ1) is 29.4. The molecule has 2 aromatic carbocycles. The van der Waals surface area contributed by atoms with E-state index >= 15 is 0 Å². The smallest absolute Gasteiger partial charge is 0.134 e. The number of aromatic hydroxyl groups is 4. The van der Waals surface area contributed by atoms with E-state index in [2.05, 4.69) is 11.8 Å². The summed E-state index contributed by atoms with van der Waals surface area (Å²) >= 11 is 0. The number of aliphatic hydroxyl groups excluding tert-OH is 2. The highest BCUT2D eigenvalue weighted by atomic mass is 16.3. The third kappa shape index (κ3) is 8.96. The Morgan fingerprint density at radius 3 is 1.28 bits per heavy atom. The van der Waals surface area contributed by atoms with Crippen LogP contribution in [-0.4, -0.2) is 43.9 Å². The summed E-state index contributed by atoms with van der Waals surface area (Å²) in [6.45, 7) is 8.27. The van der Waals surface area contributed by atoms with Crippen LogP contribution in [0.5, 0.6) is 23.0 Å². The van der Waals surface area contributed by atoms with Gasteiger partial charge in [0, 0.05) is 13.2 Å². The standard InChI is InChI=1S/C30H42O6/c1-29(2,19-31)13-7-5-9-21-15-25(33)17-23(27(21)35)11-12-24-18-26(34)16-22(28(24)36)10-6-8-14-30(3,4)20-32/h15-18,31-36H,5-10,13-14,19-20H2,1-4H3. The van der Waals surface area contributed by atoms with E-state index in [1.807, 2.05) is 27.7 Å². The number of aliphatic hydroxyl groups is 2. The lowest BCUT2D eigenvalue weighted by Gasteiger charge is -2.21. The number of phenols is 4. The Morgan fingerprint density at radius 2 is 0.944 bits per heavy atom. The fraction of sp³-hybridized carbons (Fsp3) is 0.533. The van der Waals surface area contributed by atoms with Crippen LogP contribution in [0.25, 0.3) is 0 Å². The molecule has 0 aromatic heterocycles. The summed E-state index contributed by atoms with van der Waals surface area (Å²) in [5.74, 6) is 5.64. The van der Waals surface area contributed by atoms with Crippen molar-refractivity contribution in [2.45, 2.75) is 79.1 Å². The molecule has 0 aliphatic carbocycles. The van der Waals surface area contributed by atoms with Gasteiger partial charge in [0.05, 0.1) is 11.1 Å². The molecule has 0 amide bonds. The molecule has 198 valence electrons. The van der Waals surface area contributed by atoms with Gasteiger partial charge in [0.25, 0.3) is 0 Å². The van der Waals surface area contributed by atoms with Crippen molar-refractivity contribution in [3.8, 4) is 34.8 Å². The molecule has 0 saturated carbocycles. The molecule has 2 rings (SSSR count). The van der Waals surface area contributed by atoms with E-state index in [0.29, 0.717) is 24.0 Å². The first-order valence-electron chi connectivity index (χ1n) is 12.7. The Hall–Kier alpha value is -2.88. The molecule has 0 unspecified atom stereocenters. The minimum absolute atomic E-state index is 0.00517. The monoisotopic (exact) mass is 498 g/mol. The Balaban J connectivity index is 2.15. The van der Waals surface area contributed by atoms with Crippen LogP contribution in [0.3, 0.4) is 0 Å². The van der Waals surface area contributed by atoms with E-state index in [4.69, 9.17) is 0 Å². The Bertz CT molecular complexity index is 992. The van der Waals surface area contributed by atoms with E-state index in [9.17, 15) is 30.6 Å². The summed E-state index contributed by atoms with van der Waals surface area (Å²) in [6, 6.07) is 5.81. The fourth-order valence-electron chi connectivity index (χ4n) is 4.06. The molecule has 0 aliphatic heterocycles. The number of rotatable bonds is 12. The van der Waals surface area contributed by atoms with Gasteiger partial charge in [0.2, 0.25) is 0 Å². The van der Waals surface area contributed by atoms with Gasteiger partial charge in [-0.05, 0) is 84.7 Å². The minimum atomic E-state index is -0.143. The van der Waals surface area contributed by atoms with Crippen molar-refractivity contribution in [2.24, 2.45) is 10.8 Å². The third-order valence-corrected chi connectivity index (χ3v) is 6.63. The third-order valence-electron chi connectivity index (χ3n) is 6.63. The van der Waals surface area contributed by atoms with E-state index in [0.717, 1.165) is 38.5 Å². The summed E-state index contributed by atoms with van der Waals surface area (Å²) in [5.41, 5.74) is 1.39. The predicted octanol–water partition coefficient (Wildman–Crippen LogP) is 5.37. The minimum Gasteiger partial charge on any atom is -0.508 e. The molecule has 6 N–H and O–H groups in total. The van der Waals surface area contributed by atoms with Gasteiger partial charge in [-0.25, -0.2) is 0 Å². The van der Waals surface area contributed by atoms with Crippen LogP contribution in [0.1, 0.15) is 88.5 Å². The fourth-order valence-corrected chi connectivity index (χ4v) is 4.06. The Kier molecular flexibility index (Phi) is 10.5. The zero-order valence-corrected chi connectivity index (χ0v) is 22.1. The maximum atomic E-state index is 10.7. The average molecular weight is 499 g/mol. The predicted molar refractivity (Wildman–Crippen MR) is 142 cm³/mol. The second-order valence-electron chi connectivity index (χ2n) is 11.3. The lowest BCUT2D eigenvalue weighted by molar-refractivity contribution is 0.147. The highest BCUT2D eigenvalue weighted by Gasteiger charge is 2.17. The van der Waals surface area contributed by atoms with Crippen molar-refractivity contribution in [3.05, 3.63) is 46.5 Å². The highest BCUT2D eigenvalue weighted by Crippen LogP contribution is 2.32.